The second kappa shape index (κ2) is 9.09. The van der Waals surface area contributed by atoms with Crippen LogP contribution in [0.5, 0.6) is 11.5 Å². The molecule has 0 heterocycles. The molecular formula is C25H30O3. The van der Waals surface area contributed by atoms with Crippen LogP contribution >= 0.6 is 0 Å². The molecule has 1 aliphatic carbocycles. The first kappa shape index (κ1) is 20.2. The Morgan fingerprint density at radius 3 is 2.46 bits per heavy atom. The van der Waals surface area contributed by atoms with E-state index in [4.69, 9.17) is 9.47 Å². The van der Waals surface area contributed by atoms with Crippen LogP contribution < -0.4 is 9.47 Å². The van der Waals surface area contributed by atoms with Gasteiger partial charge < -0.3 is 9.47 Å². The fourth-order valence-electron chi connectivity index (χ4n) is 3.68. The quantitative estimate of drug-likeness (QED) is 0.547. The molecule has 0 spiro atoms. The van der Waals surface area contributed by atoms with E-state index in [2.05, 4.69) is 26.8 Å². The van der Waals surface area contributed by atoms with Gasteiger partial charge in [0.1, 0.15) is 11.5 Å². The minimum absolute atomic E-state index is 0.140. The van der Waals surface area contributed by atoms with E-state index in [1.165, 1.54) is 11.1 Å². The monoisotopic (exact) mass is 378 g/mol. The van der Waals surface area contributed by atoms with Gasteiger partial charge in [-0.2, -0.15) is 0 Å². The van der Waals surface area contributed by atoms with Gasteiger partial charge in [-0.3, -0.25) is 4.79 Å². The zero-order valence-corrected chi connectivity index (χ0v) is 17.4. The van der Waals surface area contributed by atoms with Crippen molar-refractivity contribution in [2.75, 3.05) is 13.2 Å². The Balaban J connectivity index is 1.94. The van der Waals surface area contributed by atoms with Gasteiger partial charge in [0, 0.05) is 22.8 Å². The maximum atomic E-state index is 13.1. The molecule has 3 heteroatoms. The molecule has 0 radical (unpaired) electrons. The van der Waals surface area contributed by atoms with Crippen LogP contribution in [0.4, 0.5) is 0 Å². The molecule has 0 unspecified atom stereocenters. The molecule has 0 atom stereocenters. The van der Waals surface area contributed by atoms with E-state index in [1.807, 2.05) is 37.3 Å². The summed E-state index contributed by atoms with van der Waals surface area (Å²) >= 11 is 0. The van der Waals surface area contributed by atoms with Gasteiger partial charge >= 0.3 is 0 Å². The second-order valence-electron chi connectivity index (χ2n) is 7.50. The summed E-state index contributed by atoms with van der Waals surface area (Å²) in [5, 5.41) is 0. The standard InChI is InChI=1S/C25H30O3/c1-5-11-27-21-9-7-19(24(16-21)28-12-6-2)15-20-8-10-22-18(4)13-17(3)14-23(22)25(20)26/h7,9,13-16H,5-6,8,10-12H2,1-4H3/b20-15-. The Morgan fingerprint density at radius 1 is 0.964 bits per heavy atom. The van der Waals surface area contributed by atoms with Gasteiger partial charge in [-0.25, -0.2) is 0 Å². The summed E-state index contributed by atoms with van der Waals surface area (Å²) in [6.07, 6.45) is 5.56. The number of ketones is 1. The van der Waals surface area contributed by atoms with Crippen LogP contribution in [0.2, 0.25) is 0 Å². The lowest BCUT2D eigenvalue weighted by Gasteiger charge is -2.21. The highest BCUT2D eigenvalue weighted by molar-refractivity contribution is 6.13. The van der Waals surface area contributed by atoms with Gasteiger partial charge in [0.25, 0.3) is 0 Å². The number of benzene rings is 2. The topological polar surface area (TPSA) is 35.5 Å². The Labute approximate surface area is 168 Å². The van der Waals surface area contributed by atoms with Crippen LogP contribution in [0.1, 0.15) is 65.7 Å². The summed E-state index contributed by atoms with van der Waals surface area (Å²) < 4.78 is 11.7. The van der Waals surface area contributed by atoms with Gasteiger partial charge in [0.2, 0.25) is 0 Å². The van der Waals surface area contributed by atoms with Crippen molar-refractivity contribution in [3.63, 3.8) is 0 Å². The van der Waals surface area contributed by atoms with Crippen molar-refractivity contribution < 1.29 is 14.3 Å². The van der Waals surface area contributed by atoms with Crippen LogP contribution in [0.15, 0.2) is 35.9 Å². The van der Waals surface area contributed by atoms with Crippen molar-refractivity contribution in [2.24, 2.45) is 0 Å². The molecule has 3 rings (SSSR count). The summed E-state index contributed by atoms with van der Waals surface area (Å²) in [5.41, 5.74) is 6.18. The third kappa shape index (κ3) is 4.46. The summed E-state index contributed by atoms with van der Waals surface area (Å²) in [5.74, 6) is 1.73. The van der Waals surface area contributed by atoms with Crippen molar-refractivity contribution in [3.8, 4) is 11.5 Å². The molecule has 148 valence electrons. The molecule has 0 amide bonds. The van der Waals surface area contributed by atoms with Crippen LogP contribution in [0.3, 0.4) is 0 Å². The highest BCUT2D eigenvalue weighted by Gasteiger charge is 2.24. The van der Waals surface area contributed by atoms with Crippen molar-refractivity contribution in [2.45, 2.75) is 53.4 Å². The fraction of sp³-hybridized carbons (Fsp3) is 0.400. The molecule has 28 heavy (non-hydrogen) atoms. The average molecular weight is 379 g/mol. The Morgan fingerprint density at radius 2 is 1.71 bits per heavy atom. The number of hydrogen-bond donors (Lipinski definition) is 0. The molecule has 3 nitrogen and oxygen atoms in total. The third-order valence-corrected chi connectivity index (χ3v) is 5.05. The summed E-state index contributed by atoms with van der Waals surface area (Å²) in [7, 11) is 0. The van der Waals surface area contributed by atoms with Crippen molar-refractivity contribution in [3.05, 3.63) is 63.7 Å². The summed E-state index contributed by atoms with van der Waals surface area (Å²) in [6, 6.07) is 10.1. The number of carbonyl (C=O) groups excluding carboxylic acids is 1. The molecule has 1 aliphatic rings. The number of fused-ring (bicyclic) bond motifs is 1. The van der Waals surface area contributed by atoms with Crippen molar-refractivity contribution in [1.29, 1.82) is 0 Å². The molecule has 2 aromatic rings. The van der Waals surface area contributed by atoms with Crippen LogP contribution in [-0.4, -0.2) is 19.0 Å². The van der Waals surface area contributed by atoms with E-state index in [9.17, 15) is 4.79 Å². The second-order valence-corrected chi connectivity index (χ2v) is 7.50. The van der Waals surface area contributed by atoms with Crippen LogP contribution in [0, 0.1) is 13.8 Å². The zero-order chi connectivity index (χ0) is 20.1. The molecular weight excluding hydrogens is 348 g/mol. The number of hydrogen-bond acceptors (Lipinski definition) is 3. The molecule has 0 saturated heterocycles. The first-order chi connectivity index (χ1) is 13.5. The van der Waals surface area contributed by atoms with E-state index in [1.54, 1.807) is 0 Å². The lowest BCUT2D eigenvalue weighted by molar-refractivity contribution is 0.102. The molecule has 0 bridgehead atoms. The van der Waals surface area contributed by atoms with Gasteiger partial charge in [-0.05, 0) is 74.9 Å². The van der Waals surface area contributed by atoms with Gasteiger partial charge in [-0.1, -0.05) is 25.5 Å². The van der Waals surface area contributed by atoms with Gasteiger partial charge in [0.15, 0.2) is 5.78 Å². The third-order valence-electron chi connectivity index (χ3n) is 5.05. The van der Waals surface area contributed by atoms with Crippen molar-refractivity contribution in [1.82, 2.24) is 0 Å². The van der Waals surface area contributed by atoms with Crippen molar-refractivity contribution >= 4 is 11.9 Å². The van der Waals surface area contributed by atoms with E-state index < -0.39 is 0 Å². The smallest absolute Gasteiger partial charge is 0.189 e. The zero-order valence-electron chi connectivity index (χ0n) is 17.4. The predicted molar refractivity (Wildman–Crippen MR) is 115 cm³/mol. The van der Waals surface area contributed by atoms with Crippen LogP contribution in [-0.2, 0) is 6.42 Å². The molecule has 0 aliphatic heterocycles. The summed E-state index contributed by atoms with van der Waals surface area (Å²) in [6.45, 7) is 9.64. The first-order valence-corrected chi connectivity index (χ1v) is 10.3. The highest BCUT2D eigenvalue weighted by Crippen LogP contribution is 2.33. The molecule has 0 fully saturated rings. The predicted octanol–water partition coefficient (Wildman–Crippen LogP) is 6.09. The highest BCUT2D eigenvalue weighted by atomic mass is 16.5. The minimum Gasteiger partial charge on any atom is -0.493 e. The fourth-order valence-corrected chi connectivity index (χ4v) is 3.68. The summed E-state index contributed by atoms with van der Waals surface area (Å²) in [4.78, 5) is 13.1. The van der Waals surface area contributed by atoms with E-state index in [0.29, 0.717) is 13.2 Å². The van der Waals surface area contributed by atoms with E-state index >= 15 is 0 Å². The molecule has 2 aromatic carbocycles. The van der Waals surface area contributed by atoms with Gasteiger partial charge in [-0.15, -0.1) is 0 Å². The maximum absolute atomic E-state index is 13.1. The average Bonchev–Trinajstić information content (AvgIpc) is 2.68. The number of Topliss-reactive ketones (excluding diaryl/α,β-unsaturated/α-hetero) is 1. The van der Waals surface area contributed by atoms with E-state index in [-0.39, 0.29) is 5.78 Å². The number of carbonyl (C=O) groups is 1. The number of aryl methyl sites for hydroxylation is 2. The largest absolute Gasteiger partial charge is 0.493 e. The SMILES string of the molecule is CCCOc1ccc(/C=C2/CCc3c(C)cc(C)cc3C2=O)c(OCCC)c1. The maximum Gasteiger partial charge on any atom is 0.189 e. The number of rotatable bonds is 7. The Hall–Kier alpha value is -2.55. The van der Waals surface area contributed by atoms with Crippen LogP contribution in [0.25, 0.3) is 6.08 Å². The molecule has 0 aromatic heterocycles. The number of ether oxygens (including phenoxy) is 2. The minimum atomic E-state index is 0.140. The lowest BCUT2D eigenvalue weighted by atomic mass is 9.83. The normalized spacial score (nSPS) is 14.9. The first-order valence-electron chi connectivity index (χ1n) is 10.3. The number of allylic oxidation sites excluding steroid dienone is 1. The molecule has 0 saturated carbocycles. The lowest BCUT2D eigenvalue weighted by Crippen LogP contribution is -2.15. The Bertz CT molecular complexity index is 893. The molecule has 0 N–H and O–H groups in total. The van der Waals surface area contributed by atoms with Gasteiger partial charge in [0.05, 0.1) is 13.2 Å². The van der Waals surface area contributed by atoms with E-state index in [0.717, 1.165) is 59.4 Å². The Kier molecular flexibility index (Phi) is 6.56.